The summed E-state index contributed by atoms with van der Waals surface area (Å²) in [6.07, 6.45) is -3.98. The van der Waals surface area contributed by atoms with Crippen molar-refractivity contribution in [2.45, 2.75) is 50.3 Å². The molecule has 232 valence electrons. The minimum atomic E-state index is -4.81. The number of carbonyl (C=O) groups is 2. The predicted octanol–water partition coefficient (Wildman–Crippen LogP) is 5.90. The first-order chi connectivity index (χ1) is 20.3. The van der Waals surface area contributed by atoms with Crippen LogP contribution < -0.4 is 14.4 Å². The third kappa shape index (κ3) is 8.41. The first-order valence-corrected chi connectivity index (χ1v) is 15.3. The summed E-state index contributed by atoms with van der Waals surface area (Å²) in [5.74, 6) is -0.697. The fraction of sp³-hybridized carbons (Fsp3) is 0.333. The maximum absolute atomic E-state index is 14.1. The van der Waals surface area contributed by atoms with Crippen LogP contribution in [0.5, 0.6) is 5.75 Å². The lowest BCUT2D eigenvalue weighted by molar-refractivity contribution is -0.140. The first-order valence-electron chi connectivity index (χ1n) is 13.5. The molecule has 0 aromatic heterocycles. The fourth-order valence-electron chi connectivity index (χ4n) is 4.33. The van der Waals surface area contributed by atoms with Crippen LogP contribution in [0, 0.1) is 0 Å². The molecule has 3 aromatic carbocycles. The van der Waals surface area contributed by atoms with Crippen molar-refractivity contribution >= 4 is 39.1 Å². The molecule has 1 unspecified atom stereocenters. The normalized spacial score (nSPS) is 12.3. The number of methoxy groups -OCH3 is 1. The Balaban J connectivity index is 2.13. The summed E-state index contributed by atoms with van der Waals surface area (Å²) in [6.45, 7) is 2.91. The van der Waals surface area contributed by atoms with Gasteiger partial charge in [0.25, 0.3) is 10.0 Å². The van der Waals surface area contributed by atoms with Crippen LogP contribution in [0.15, 0.2) is 77.7 Å². The molecule has 0 aliphatic heterocycles. The summed E-state index contributed by atoms with van der Waals surface area (Å²) in [5.41, 5.74) is -1.06. The topological polar surface area (TPSA) is 96.0 Å². The lowest BCUT2D eigenvalue weighted by Gasteiger charge is -2.33. The Kier molecular flexibility index (Phi) is 11.5. The van der Waals surface area contributed by atoms with Gasteiger partial charge in [0.15, 0.2) is 0 Å². The quantitative estimate of drug-likeness (QED) is 0.251. The van der Waals surface area contributed by atoms with E-state index in [-0.39, 0.29) is 22.9 Å². The summed E-state index contributed by atoms with van der Waals surface area (Å²) in [7, 11) is -3.10. The van der Waals surface area contributed by atoms with Gasteiger partial charge in [-0.3, -0.25) is 13.9 Å². The number of sulfonamides is 1. The van der Waals surface area contributed by atoms with E-state index in [4.69, 9.17) is 16.3 Å². The van der Waals surface area contributed by atoms with Gasteiger partial charge >= 0.3 is 6.18 Å². The highest BCUT2D eigenvalue weighted by Crippen LogP contribution is 2.37. The zero-order chi connectivity index (χ0) is 31.8. The number of carbonyl (C=O) groups excluding carboxylic acids is 2. The number of nitrogens with zero attached hydrogens (tertiary/aromatic N) is 2. The van der Waals surface area contributed by atoms with E-state index in [0.717, 1.165) is 12.1 Å². The lowest BCUT2D eigenvalue weighted by Crippen LogP contribution is -2.52. The summed E-state index contributed by atoms with van der Waals surface area (Å²) in [6, 6.07) is 15.0. The summed E-state index contributed by atoms with van der Waals surface area (Å²) >= 11 is 6.28. The van der Waals surface area contributed by atoms with Gasteiger partial charge in [0.05, 0.1) is 28.3 Å². The number of ether oxygens (including phenoxy) is 1. The molecule has 43 heavy (non-hydrogen) atoms. The average Bonchev–Trinajstić information content (AvgIpc) is 2.99. The Bertz CT molecular complexity index is 1500. The summed E-state index contributed by atoms with van der Waals surface area (Å²) in [4.78, 5) is 28.2. The van der Waals surface area contributed by atoms with Crippen molar-refractivity contribution in [3.05, 3.63) is 88.9 Å². The van der Waals surface area contributed by atoms with E-state index in [0.29, 0.717) is 34.7 Å². The maximum Gasteiger partial charge on any atom is 0.416 e. The molecule has 0 fully saturated rings. The standard InChI is InChI=1S/C30H33ClF3N3O5S/c1-4-17-35-29(39)26(5-2)36(19-21-11-14-23(42-3)15-12-21)28(38)20-37(43(40,41)24-9-7-6-8-10-24)27-18-22(30(32,33)34)13-16-25(27)31/h6-16,18,26H,4-5,17,19-20H2,1-3H3,(H,35,39). The smallest absolute Gasteiger partial charge is 0.416 e. The molecule has 0 heterocycles. The van der Waals surface area contributed by atoms with Gasteiger partial charge in [0.2, 0.25) is 11.8 Å². The van der Waals surface area contributed by atoms with Gasteiger partial charge < -0.3 is 15.0 Å². The Morgan fingerprint density at radius 1 is 1.00 bits per heavy atom. The minimum Gasteiger partial charge on any atom is -0.497 e. The molecule has 13 heteroatoms. The van der Waals surface area contributed by atoms with Crippen LogP contribution >= 0.6 is 11.6 Å². The number of nitrogens with one attached hydrogen (secondary N) is 1. The highest BCUT2D eigenvalue weighted by atomic mass is 35.5. The zero-order valence-corrected chi connectivity index (χ0v) is 25.5. The Morgan fingerprint density at radius 3 is 2.21 bits per heavy atom. The number of halogens is 4. The van der Waals surface area contributed by atoms with Crippen LogP contribution in [0.3, 0.4) is 0 Å². The molecule has 3 rings (SSSR count). The molecule has 0 radical (unpaired) electrons. The SMILES string of the molecule is CCCNC(=O)C(CC)N(Cc1ccc(OC)cc1)C(=O)CN(c1cc(C(F)(F)F)ccc1Cl)S(=O)(=O)c1ccccc1. The van der Waals surface area contributed by atoms with Crippen LogP contribution in [0.1, 0.15) is 37.8 Å². The van der Waals surface area contributed by atoms with E-state index in [2.05, 4.69) is 5.32 Å². The number of hydrogen-bond acceptors (Lipinski definition) is 5. The van der Waals surface area contributed by atoms with Gasteiger partial charge in [-0.25, -0.2) is 8.42 Å². The molecule has 0 bridgehead atoms. The molecular weight excluding hydrogens is 607 g/mol. The van der Waals surface area contributed by atoms with E-state index >= 15 is 0 Å². The van der Waals surface area contributed by atoms with Crippen molar-refractivity contribution in [1.29, 1.82) is 0 Å². The van der Waals surface area contributed by atoms with Crippen LogP contribution in [0.4, 0.5) is 18.9 Å². The number of amides is 2. The van der Waals surface area contributed by atoms with Crippen LogP contribution in [-0.4, -0.2) is 51.4 Å². The monoisotopic (exact) mass is 639 g/mol. The number of benzene rings is 3. The van der Waals surface area contributed by atoms with Crippen LogP contribution in [0.25, 0.3) is 0 Å². The minimum absolute atomic E-state index is 0.0869. The largest absolute Gasteiger partial charge is 0.497 e. The van der Waals surface area contributed by atoms with Crippen molar-refractivity contribution in [1.82, 2.24) is 10.2 Å². The molecular formula is C30H33ClF3N3O5S. The van der Waals surface area contributed by atoms with Gasteiger partial charge in [-0.1, -0.05) is 55.8 Å². The van der Waals surface area contributed by atoms with Gasteiger partial charge in [-0.2, -0.15) is 13.2 Å². The molecule has 1 N–H and O–H groups in total. The first kappa shape index (κ1) is 33.7. The number of anilines is 1. The molecule has 8 nitrogen and oxygen atoms in total. The molecule has 3 aromatic rings. The van der Waals surface area contributed by atoms with E-state index in [1.165, 1.54) is 36.3 Å². The van der Waals surface area contributed by atoms with Gasteiger partial charge in [-0.15, -0.1) is 0 Å². The highest BCUT2D eigenvalue weighted by Gasteiger charge is 2.37. The van der Waals surface area contributed by atoms with E-state index in [1.807, 2.05) is 6.92 Å². The van der Waals surface area contributed by atoms with Gasteiger partial charge in [0, 0.05) is 13.1 Å². The molecule has 0 aliphatic carbocycles. The second-order valence-corrected chi connectivity index (χ2v) is 11.8. The Morgan fingerprint density at radius 2 is 1.65 bits per heavy atom. The Hall–Kier alpha value is -3.77. The van der Waals surface area contributed by atoms with Crippen LogP contribution in [-0.2, 0) is 32.3 Å². The maximum atomic E-state index is 14.1. The van der Waals surface area contributed by atoms with Crippen molar-refractivity contribution in [3.63, 3.8) is 0 Å². The van der Waals surface area contributed by atoms with Crippen molar-refractivity contribution in [2.24, 2.45) is 0 Å². The molecule has 0 saturated heterocycles. The fourth-order valence-corrected chi connectivity index (χ4v) is 6.04. The zero-order valence-electron chi connectivity index (χ0n) is 23.9. The molecule has 0 spiro atoms. The Labute approximate surface area is 254 Å². The molecule has 2 amide bonds. The third-order valence-corrected chi connectivity index (χ3v) is 8.69. The van der Waals surface area contributed by atoms with E-state index < -0.39 is 51.9 Å². The van der Waals surface area contributed by atoms with Crippen molar-refractivity contribution in [3.8, 4) is 5.75 Å². The molecule has 0 aliphatic rings. The number of rotatable bonds is 13. The summed E-state index contributed by atoms with van der Waals surface area (Å²) in [5, 5.41) is 2.46. The molecule has 0 saturated carbocycles. The summed E-state index contributed by atoms with van der Waals surface area (Å²) < 4.78 is 74.5. The number of hydrogen-bond donors (Lipinski definition) is 1. The van der Waals surface area contributed by atoms with Crippen molar-refractivity contribution < 1.29 is 35.9 Å². The van der Waals surface area contributed by atoms with Crippen LogP contribution in [0.2, 0.25) is 5.02 Å². The van der Waals surface area contributed by atoms with Crippen molar-refractivity contribution in [2.75, 3.05) is 24.5 Å². The lowest BCUT2D eigenvalue weighted by atomic mass is 10.1. The second kappa shape index (κ2) is 14.6. The average molecular weight is 640 g/mol. The predicted molar refractivity (Wildman–Crippen MR) is 158 cm³/mol. The van der Waals surface area contributed by atoms with Gasteiger partial charge in [0.1, 0.15) is 18.3 Å². The highest BCUT2D eigenvalue weighted by molar-refractivity contribution is 7.92. The third-order valence-electron chi connectivity index (χ3n) is 6.60. The number of alkyl halides is 3. The van der Waals surface area contributed by atoms with E-state index in [1.54, 1.807) is 37.3 Å². The van der Waals surface area contributed by atoms with Gasteiger partial charge in [-0.05, 0) is 60.9 Å². The molecule has 1 atom stereocenters. The second-order valence-electron chi connectivity index (χ2n) is 9.57. The van der Waals surface area contributed by atoms with E-state index in [9.17, 15) is 31.2 Å².